The minimum atomic E-state index is -0.0667. The van der Waals surface area contributed by atoms with Crippen LogP contribution in [0.4, 0.5) is 0 Å². The van der Waals surface area contributed by atoms with Gasteiger partial charge < -0.3 is 5.11 Å². The second-order valence-electron chi connectivity index (χ2n) is 2.74. The summed E-state index contributed by atoms with van der Waals surface area (Å²) in [6, 6.07) is 7.31. The molecule has 0 aliphatic heterocycles. The van der Waals surface area contributed by atoms with Crippen molar-refractivity contribution in [2.45, 2.75) is 0 Å². The lowest BCUT2D eigenvalue weighted by Crippen LogP contribution is -1.90. The van der Waals surface area contributed by atoms with E-state index in [0.29, 0.717) is 5.56 Å². The SMILES string of the molecule is O=C1C=C(CO)c2ccccc21. The average Bonchev–Trinajstić information content (AvgIpc) is 2.44. The van der Waals surface area contributed by atoms with Crippen LogP contribution in [0.3, 0.4) is 0 Å². The highest BCUT2D eigenvalue weighted by Gasteiger charge is 2.18. The van der Waals surface area contributed by atoms with Gasteiger partial charge in [-0.2, -0.15) is 0 Å². The molecule has 2 nitrogen and oxygen atoms in total. The maximum absolute atomic E-state index is 11.2. The van der Waals surface area contributed by atoms with Crippen molar-refractivity contribution in [3.63, 3.8) is 0 Å². The Morgan fingerprint density at radius 2 is 1.83 bits per heavy atom. The van der Waals surface area contributed by atoms with Crippen LogP contribution in [0.15, 0.2) is 30.3 Å². The van der Waals surface area contributed by atoms with Gasteiger partial charge in [0.15, 0.2) is 5.78 Å². The quantitative estimate of drug-likeness (QED) is 0.671. The summed E-state index contributed by atoms with van der Waals surface area (Å²) in [5, 5.41) is 8.91. The zero-order chi connectivity index (χ0) is 8.55. The summed E-state index contributed by atoms with van der Waals surface area (Å²) in [6.07, 6.45) is 1.49. The normalized spacial score (nSPS) is 14.4. The number of carbonyl (C=O) groups is 1. The molecular weight excluding hydrogens is 152 g/mol. The van der Waals surface area contributed by atoms with E-state index in [1.54, 1.807) is 6.07 Å². The zero-order valence-electron chi connectivity index (χ0n) is 6.45. The summed E-state index contributed by atoms with van der Waals surface area (Å²) in [6.45, 7) is -0.0667. The zero-order valence-corrected chi connectivity index (χ0v) is 6.45. The molecule has 1 aromatic rings. The van der Waals surface area contributed by atoms with Crippen molar-refractivity contribution >= 4 is 11.4 Å². The number of allylic oxidation sites excluding steroid dienone is 1. The van der Waals surface area contributed by atoms with Gasteiger partial charge in [0, 0.05) is 5.56 Å². The summed E-state index contributed by atoms with van der Waals surface area (Å²) < 4.78 is 0. The van der Waals surface area contributed by atoms with Gasteiger partial charge in [0.05, 0.1) is 6.61 Å². The molecule has 0 radical (unpaired) electrons. The third-order valence-electron chi connectivity index (χ3n) is 2.01. The summed E-state index contributed by atoms with van der Waals surface area (Å²) in [4.78, 5) is 11.2. The largest absolute Gasteiger partial charge is 0.392 e. The lowest BCUT2D eigenvalue weighted by atomic mass is 10.1. The van der Waals surface area contributed by atoms with Crippen molar-refractivity contribution < 1.29 is 9.90 Å². The molecule has 0 fully saturated rings. The Kier molecular flexibility index (Phi) is 1.55. The Morgan fingerprint density at radius 1 is 1.17 bits per heavy atom. The van der Waals surface area contributed by atoms with E-state index in [1.807, 2.05) is 18.2 Å². The van der Waals surface area contributed by atoms with E-state index in [9.17, 15) is 4.79 Å². The number of benzene rings is 1. The monoisotopic (exact) mass is 160 g/mol. The van der Waals surface area contributed by atoms with E-state index in [1.165, 1.54) is 6.08 Å². The van der Waals surface area contributed by atoms with Gasteiger partial charge in [0.25, 0.3) is 0 Å². The Balaban J connectivity index is 2.60. The van der Waals surface area contributed by atoms with E-state index in [2.05, 4.69) is 0 Å². The number of aliphatic hydroxyl groups excluding tert-OH is 1. The van der Waals surface area contributed by atoms with Gasteiger partial charge in [0.1, 0.15) is 0 Å². The van der Waals surface area contributed by atoms with Gasteiger partial charge in [-0.15, -0.1) is 0 Å². The van der Waals surface area contributed by atoms with E-state index in [0.717, 1.165) is 11.1 Å². The minimum absolute atomic E-state index is 0.00495. The number of hydrogen-bond donors (Lipinski definition) is 1. The van der Waals surface area contributed by atoms with Crippen LogP contribution in [0.25, 0.3) is 5.57 Å². The Bertz CT molecular complexity index is 364. The van der Waals surface area contributed by atoms with Crippen molar-refractivity contribution in [2.24, 2.45) is 0 Å². The van der Waals surface area contributed by atoms with Crippen LogP contribution in [-0.4, -0.2) is 17.5 Å². The van der Waals surface area contributed by atoms with Crippen LogP contribution in [0.1, 0.15) is 15.9 Å². The number of aliphatic hydroxyl groups is 1. The van der Waals surface area contributed by atoms with Crippen molar-refractivity contribution in [3.05, 3.63) is 41.5 Å². The fraction of sp³-hybridized carbons (Fsp3) is 0.100. The molecule has 0 saturated heterocycles. The lowest BCUT2D eigenvalue weighted by Gasteiger charge is -1.98. The Labute approximate surface area is 70.2 Å². The summed E-state index contributed by atoms with van der Waals surface area (Å²) in [5.74, 6) is -0.00495. The van der Waals surface area contributed by atoms with Crippen molar-refractivity contribution in [3.8, 4) is 0 Å². The molecule has 0 heterocycles. The second kappa shape index (κ2) is 2.57. The van der Waals surface area contributed by atoms with Gasteiger partial charge in [-0.05, 0) is 17.2 Å². The Hall–Kier alpha value is -1.41. The van der Waals surface area contributed by atoms with Crippen LogP contribution in [-0.2, 0) is 0 Å². The molecule has 1 aromatic carbocycles. The van der Waals surface area contributed by atoms with Gasteiger partial charge in [0.2, 0.25) is 0 Å². The molecule has 60 valence electrons. The third kappa shape index (κ3) is 0.889. The van der Waals surface area contributed by atoms with E-state index >= 15 is 0 Å². The first-order valence-electron chi connectivity index (χ1n) is 3.78. The molecule has 0 aromatic heterocycles. The third-order valence-corrected chi connectivity index (χ3v) is 2.01. The molecule has 1 N–H and O–H groups in total. The summed E-state index contributed by atoms with van der Waals surface area (Å²) in [7, 11) is 0. The molecular formula is C10H8O2. The smallest absolute Gasteiger partial charge is 0.186 e. The fourth-order valence-electron chi connectivity index (χ4n) is 1.42. The molecule has 1 aliphatic rings. The van der Waals surface area contributed by atoms with Crippen LogP contribution in [0.2, 0.25) is 0 Å². The van der Waals surface area contributed by atoms with E-state index in [4.69, 9.17) is 5.11 Å². The molecule has 12 heavy (non-hydrogen) atoms. The number of carbonyl (C=O) groups excluding carboxylic acids is 1. The van der Waals surface area contributed by atoms with Crippen LogP contribution in [0.5, 0.6) is 0 Å². The maximum Gasteiger partial charge on any atom is 0.186 e. The number of hydrogen-bond acceptors (Lipinski definition) is 2. The predicted molar refractivity (Wildman–Crippen MR) is 45.8 cm³/mol. The average molecular weight is 160 g/mol. The number of ketones is 1. The standard InChI is InChI=1S/C10H8O2/c11-6-7-5-10(12)9-4-2-1-3-8(7)9/h1-5,11H,6H2. The number of rotatable bonds is 1. The highest BCUT2D eigenvalue weighted by Crippen LogP contribution is 2.26. The van der Waals surface area contributed by atoms with E-state index < -0.39 is 0 Å². The first-order valence-corrected chi connectivity index (χ1v) is 3.78. The van der Waals surface area contributed by atoms with Crippen LogP contribution >= 0.6 is 0 Å². The summed E-state index contributed by atoms with van der Waals surface area (Å²) in [5.41, 5.74) is 2.28. The van der Waals surface area contributed by atoms with Crippen LogP contribution < -0.4 is 0 Å². The molecule has 1 aliphatic carbocycles. The molecule has 0 atom stereocenters. The molecule has 0 unspecified atom stereocenters. The highest BCUT2D eigenvalue weighted by molar-refractivity contribution is 6.16. The fourth-order valence-corrected chi connectivity index (χ4v) is 1.42. The predicted octanol–water partition coefficient (Wildman–Crippen LogP) is 1.26. The van der Waals surface area contributed by atoms with Crippen molar-refractivity contribution in [1.29, 1.82) is 0 Å². The topological polar surface area (TPSA) is 37.3 Å². The summed E-state index contributed by atoms with van der Waals surface area (Å²) >= 11 is 0. The highest BCUT2D eigenvalue weighted by atomic mass is 16.3. The first kappa shape index (κ1) is 7.25. The van der Waals surface area contributed by atoms with Crippen molar-refractivity contribution in [1.82, 2.24) is 0 Å². The molecule has 0 amide bonds. The first-order chi connectivity index (χ1) is 5.83. The second-order valence-corrected chi connectivity index (χ2v) is 2.74. The van der Waals surface area contributed by atoms with Crippen molar-refractivity contribution in [2.75, 3.05) is 6.61 Å². The lowest BCUT2D eigenvalue weighted by molar-refractivity contribution is 0.105. The van der Waals surface area contributed by atoms with Crippen LogP contribution in [0, 0.1) is 0 Å². The Morgan fingerprint density at radius 3 is 2.50 bits per heavy atom. The van der Waals surface area contributed by atoms with Gasteiger partial charge in [-0.25, -0.2) is 0 Å². The minimum Gasteiger partial charge on any atom is -0.392 e. The molecule has 0 bridgehead atoms. The van der Waals surface area contributed by atoms with Gasteiger partial charge >= 0.3 is 0 Å². The van der Waals surface area contributed by atoms with Gasteiger partial charge in [-0.3, -0.25) is 4.79 Å². The maximum atomic E-state index is 11.2. The molecule has 0 saturated carbocycles. The molecule has 2 rings (SSSR count). The number of fused-ring (bicyclic) bond motifs is 1. The van der Waals surface area contributed by atoms with E-state index in [-0.39, 0.29) is 12.4 Å². The van der Waals surface area contributed by atoms with Gasteiger partial charge in [-0.1, -0.05) is 24.3 Å². The molecule has 2 heteroatoms. The molecule has 0 spiro atoms.